The van der Waals surface area contributed by atoms with Crippen LogP contribution in [0.5, 0.6) is 0 Å². The minimum absolute atomic E-state index is 0.0117. The fraction of sp³-hybridized carbons (Fsp3) is 0.0667. The topological polar surface area (TPSA) is 101 Å². The van der Waals surface area contributed by atoms with E-state index in [1.54, 1.807) is 6.07 Å². The van der Waals surface area contributed by atoms with Gasteiger partial charge in [0.25, 0.3) is 5.69 Å². The van der Waals surface area contributed by atoms with Crippen molar-refractivity contribution in [1.29, 1.82) is 0 Å². The molecule has 0 aliphatic heterocycles. The average molecular weight is 328 g/mol. The van der Waals surface area contributed by atoms with Crippen molar-refractivity contribution in [2.24, 2.45) is 0 Å². The summed E-state index contributed by atoms with van der Waals surface area (Å²) in [5.41, 5.74) is 1.92. The number of imidazole rings is 1. The molecule has 2 N–H and O–H groups in total. The van der Waals surface area contributed by atoms with Crippen LogP contribution in [0.2, 0.25) is 0 Å². The monoisotopic (exact) mass is 328 g/mol. The van der Waals surface area contributed by atoms with Gasteiger partial charge in [-0.25, -0.2) is 4.98 Å². The predicted molar refractivity (Wildman–Crippen MR) is 88.5 cm³/mol. The Balaban J connectivity index is 1.65. The van der Waals surface area contributed by atoms with E-state index < -0.39 is 4.92 Å². The van der Waals surface area contributed by atoms with Gasteiger partial charge >= 0.3 is 0 Å². The number of nitrogens with one attached hydrogen (secondary N) is 2. The number of thioether (sulfide) groups is 1. The largest absolute Gasteiger partial charge is 0.333 e. The number of fused-ring (bicyclic) bond motifs is 1. The second-order valence-electron chi connectivity index (χ2n) is 4.70. The van der Waals surface area contributed by atoms with Crippen molar-refractivity contribution in [2.75, 3.05) is 11.1 Å². The summed E-state index contributed by atoms with van der Waals surface area (Å²) >= 11 is 1.24. The van der Waals surface area contributed by atoms with Crippen molar-refractivity contribution in [3.8, 4) is 0 Å². The van der Waals surface area contributed by atoms with Crippen LogP contribution in [0.25, 0.3) is 11.0 Å². The number of amides is 1. The predicted octanol–water partition coefficient (Wildman–Crippen LogP) is 3.20. The number of aromatic amines is 1. The van der Waals surface area contributed by atoms with Crippen molar-refractivity contribution in [3.63, 3.8) is 0 Å². The van der Waals surface area contributed by atoms with Gasteiger partial charge in [-0.3, -0.25) is 14.9 Å². The summed E-state index contributed by atoms with van der Waals surface area (Å²) in [6.07, 6.45) is 0. The molecule has 0 aliphatic carbocycles. The summed E-state index contributed by atoms with van der Waals surface area (Å²) in [5, 5.41) is 14.1. The number of non-ortho nitro benzene ring substituents is 1. The smallest absolute Gasteiger partial charge is 0.271 e. The van der Waals surface area contributed by atoms with Crippen LogP contribution < -0.4 is 5.32 Å². The summed E-state index contributed by atoms with van der Waals surface area (Å²) in [7, 11) is 0. The first-order valence-electron chi connectivity index (χ1n) is 6.74. The second-order valence-corrected chi connectivity index (χ2v) is 5.67. The van der Waals surface area contributed by atoms with E-state index in [1.165, 1.54) is 23.9 Å². The minimum Gasteiger partial charge on any atom is -0.333 e. The molecule has 1 aromatic heterocycles. The third-order valence-corrected chi connectivity index (χ3v) is 3.93. The number of rotatable bonds is 5. The molecule has 1 heterocycles. The number of benzene rings is 2. The van der Waals surface area contributed by atoms with Crippen molar-refractivity contribution in [1.82, 2.24) is 9.97 Å². The van der Waals surface area contributed by atoms with Gasteiger partial charge in [0.15, 0.2) is 5.16 Å². The summed E-state index contributed by atoms with van der Waals surface area (Å²) < 4.78 is 0. The maximum absolute atomic E-state index is 11.9. The normalized spacial score (nSPS) is 10.6. The Bertz CT molecular complexity index is 864. The summed E-state index contributed by atoms with van der Waals surface area (Å²) in [6.45, 7) is 0. The lowest BCUT2D eigenvalue weighted by Crippen LogP contribution is -2.13. The summed E-state index contributed by atoms with van der Waals surface area (Å²) in [6, 6.07) is 13.6. The number of anilines is 1. The number of para-hydroxylation sites is 1. The van der Waals surface area contributed by atoms with Crippen molar-refractivity contribution in [3.05, 3.63) is 58.6 Å². The second kappa shape index (κ2) is 6.49. The van der Waals surface area contributed by atoms with Gasteiger partial charge in [0.05, 0.1) is 21.7 Å². The highest BCUT2D eigenvalue weighted by molar-refractivity contribution is 7.99. The highest BCUT2D eigenvalue weighted by atomic mass is 32.2. The lowest BCUT2D eigenvalue weighted by Gasteiger charge is -2.03. The number of carbonyl (C=O) groups excluding carboxylic acids is 1. The van der Waals surface area contributed by atoms with E-state index in [0.29, 0.717) is 16.2 Å². The van der Waals surface area contributed by atoms with Gasteiger partial charge in [-0.2, -0.15) is 0 Å². The van der Waals surface area contributed by atoms with Crippen molar-refractivity contribution >= 4 is 40.1 Å². The van der Waals surface area contributed by atoms with Crippen LogP contribution in [0.15, 0.2) is 53.7 Å². The molecule has 8 heteroatoms. The molecular weight excluding hydrogens is 316 g/mol. The van der Waals surface area contributed by atoms with Crippen LogP contribution in [0.3, 0.4) is 0 Å². The molecule has 0 bridgehead atoms. The van der Waals surface area contributed by atoms with Crippen LogP contribution in [0.1, 0.15) is 0 Å². The Hall–Kier alpha value is -2.87. The fourth-order valence-corrected chi connectivity index (χ4v) is 2.69. The van der Waals surface area contributed by atoms with E-state index >= 15 is 0 Å². The molecule has 0 saturated heterocycles. The van der Waals surface area contributed by atoms with E-state index in [0.717, 1.165) is 5.69 Å². The number of aromatic nitrogens is 2. The molecule has 0 radical (unpaired) electrons. The number of nitrogens with zero attached hydrogens (tertiary/aromatic N) is 2. The number of carbonyl (C=O) groups is 1. The highest BCUT2D eigenvalue weighted by Crippen LogP contribution is 2.23. The van der Waals surface area contributed by atoms with Gasteiger partial charge in [-0.15, -0.1) is 0 Å². The van der Waals surface area contributed by atoms with E-state index in [9.17, 15) is 14.9 Å². The Morgan fingerprint density at radius 3 is 2.78 bits per heavy atom. The first kappa shape index (κ1) is 15.0. The molecule has 0 atom stereocenters. The molecule has 7 nitrogen and oxygen atoms in total. The molecule has 0 aliphatic rings. The number of nitro groups is 1. The molecule has 3 rings (SSSR count). The standard InChI is InChI=1S/C15H12N4O3S/c20-14(16-10-4-2-1-3-5-10)9-23-15-17-12-7-6-11(19(21)22)8-13(12)18-15/h1-8H,9H2,(H,16,20)(H,17,18). The number of H-pyrrole nitrogens is 1. The molecule has 0 fully saturated rings. The van der Waals surface area contributed by atoms with Crippen molar-refractivity contribution < 1.29 is 9.72 Å². The highest BCUT2D eigenvalue weighted by Gasteiger charge is 2.11. The molecule has 1 amide bonds. The third kappa shape index (κ3) is 3.67. The Kier molecular flexibility index (Phi) is 4.24. The molecule has 23 heavy (non-hydrogen) atoms. The lowest BCUT2D eigenvalue weighted by molar-refractivity contribution is -0.384. The molecule has 116 valence electrons. The molecule has 2 aromatic carbocycles. The Labute approximate surface area is 135 Å². The average Bonchev–Trinajstić information content (AvgIpc) is 2.96. The molecular formula is C15H12N4O3S. The third-order valence-electron chi connectivity index (χ3n) is 3.05. The van der Waals surface area contributed by atoms with E-state index in [-0.39, 0.29) is 17.3 Å². The molecule has 0 unspecified atom stereocenters. The Morgan fingerprint density at radius 2 is 2.04 bits per heavy atom. The molecule has 0 spiro atoms. The zero-order chi connectivity index (χ0) is 16.2. The number of nitro benzene ring substituents is 1. The van der Waals surface area contributed by atoms with Crippen LogP contribution in [0, 0.1) is 10.1 Å². The van der Waals surface area contributed by atoms with Gasteiger partial charge in [0, 0.05) is 17.8 Å². The zero-order valence-electron chi connectivity index (χ0n) is 11.9. The summed E-state index contributed by atoms with van der Waals surface area (Å²) in [5.74, 6) is 0.0456. The van der Waals surface area contributed by atoms with Gasteiger partial charge in [-0.1, -0.05) is 30.0 Å². The first-order valence-corrected chi connectivity index (χ1v) is 7.72. The van der Waals surface area contributed by atoms with E-state index in [2.05, 4.69) is 15.3 Å². The zero-order valence-corrected chi connectivity index (χ0v) is 12.7. The van der Waals surface area contributed by atoms with Crippen LogP contribution in [-0.2, 0) is 4.79 Å². The number of hydrogen-bond acceptors (Lipinski definition) is 5. The van der Waals surface area contributed by atoms with Gasteiger partial charge < -0.3 is 10.3 Å². The quantitative estimate of drug-likeness (QED) is 0.425. The van der Waals surface area contributed by atoms with Crippen LogP contribution in [-0.4, -0.2) is 26.6 Å². The SMILES string of the molecule is O=C(CSc1nc2cc([N+](=O)[O-])ccc2[nH]1)Nc1ccccc1. The minimum atomic E-state index is -0.464. The van der Waals surface area contributed by atoms with Crippen LogP contribution in [0.4, 0.5) is 11.4 Å². The van der Waals surface area contributed by atoms with Gasteiger partial charge in [-0.05, 0) is 18.2 Å². The maximum Gasteiger partial charge on any atom is 0.271 e. The van der Waals surface area contributed by atoms with Crippen LogP contribution >= 0.6 is 11.8 Å². The maximum atomic E-state index is 11.9. The molecule has 3 aromatic rings. The van der Waals surface area contributed by atoms with E-state index in [1.807, 2.05) is 30.3 Å². The summed E-state index contributed by atoms with van der Waals surface area (Å²) in [4.78, 5) is 29.5. The number of hydrogen-bond donors (Lipinski definition) is 2. The lowest BCUT2D eigenvalue weighted by atomic mass is 10.3. The first-order chi connectivity index (χ1) is 11.1. The van der Waals surface area contributed by atoms with Crippen molar-refractivity contribution in [2.45, 2.75) is 5.16 Å². The van der Waals surface area contributed by atoms with Gasteiger partial charge in [0.2, 0.25) is 5.91 Å². The fourth-order valence-electron chi connectivity index (χ4n) is 2.01. The van der Waals surface area contributed by atoms with Gasteiger partial charge in [0.1, 0.15) is 0 Å². The Morgan fingerprint density at radius 1 is 1.26 bits per heavy atom. The molecule has 0 saturated carbocycles. The van der Waals surface area contributed by atoms with E-state index in [4.69, 9.17) is 0 Å².